The van der Waals surface area contributed by atoms with Gasteiger partial charge < -0.3 is 19.3 Å². The van der Waals surface area contributed by atoms with E-state index in [0.717, 1.165) is 12.0 Å². The number of hydrogen-bond donors (Lipinski definition) is 0. The van der Waals surface area contributed by atoms with Gasteiger partial charge in [0, 0.05) is 24.7 Å². The van der Waals surface area contributed by atoms with E-state index < -0.39 is 5.60 Å². The lowest BCUT2D eigenvalue weighted by molar-refractivity contribution is 0.000732. The summed E-state index contributed by atoms with van der Waals surface area (Å²) in [4.78, 5) is 28.1. The molecular formula is C19H27ClN2O4. The predicted octanol–water partition coefficient (Wildman–Crippen LogP) is 4.31. The highest BCUT2D eigenvalue weighted by atomic mass is 35.5. The van der Waals surface area contributed by atoms with Gasteiger partial charge in [-0.2, -0.15) is 0 Å². The first kappa shape index (κ1) is 20.4. The monoisotopic (exact) mass is 382 g/mol. The molecule has 0 saturated carbocycles. The van der Waals surface area contributed by atoms with Crippen LogP contribution in [0.5, 0.6) is 0 Å². The van der Waals surface area contributed by atoms with Crippen LogP contribution in [0.1, 0.15) is 39.7 Å². The maximum Gasteiger partial charge on any atom is 0.410 e. The second-order valence-electron chi connectivity index (χ2n) is 7.36. The lowest BCUT2D eigenvalue weighted by atomic mass is 10.1. The summed E-state index contributed by atoms with van der Waals surface area (Å²) >= 11 is 5.85. The molecule has 2 rings (SSSR count). The van der Waals surface area contributed by atoms with Gasteiger partial charge in [-0.25, -0.2) is 9.59 Å². The van der Waals surface area contributed by atoms with E-state index in [4.69, 9.17) is 21.1 Å². The van der Waals surface area contributed by atoms with Crippen LogP contribution in [-0.2, 0) is 16.1 Å². The molecule has 1 aromatic rings. The van der Waals surface area contributed by atoms with Gasteiger partial charge in [-0.05, 0) is 44.9 Å². The molecule has 1 atom stereocenters. The maximum absolute atomic E-state index is 12.5. The van der Waals surface area contributed by atoms with Crippen molar-refractivity contribution in [2.24, 2.45) is 0 Å². The molecule has 1 heterocycles. The van der Waals surface area contributed by atoms with E-state index >= 15 is 0 Å². The molecule has 2 amide bonds. The van der Waals surface area contributed by atoms with Gasteiger partial charge >= 0.3 is 12.2 Å². The summed E-state index contributed by atoms with van der Waals surface area (Å²) in [5, 5.41) is 0.643. The average molecular weight is 383 g/mol. The summed E-state index contributed by atoms with van der Waals surface area (Å²) in [6.07, 6.45) is 0.0239. The third-order valence-electron chi connectivity index (χ3n) is 4.12. The maximum atomic E-state index is 12.5. The summed E-state index contributed by atoms with van der Waals surface area (Å²) in [5.41, 5.74) is 0.344. The van der Waals surface area contributed by atoms with Crippen LogP contribution in [0.4, 0.5) is 9.59 Å². The van der Waals surface area contributed by atoms with E-state index in [1.165, 1.54) is 0 Å². The van der Waals surface area contributed by atoms with E-state index in [1.807, 2.05) is 39.8 Å². The SMILES string of the molecule is CCC1CN(C(=O)OC(C)(C)C)CCN1C(=O)OCc1ccc(Cl)cc1. The number of carbonyl (C=O) groups is 2. The Labute approximate surface area is 160 Å². The van der Waals surface area contributed by atoms with Gasteiger partial charge in [-0.3, -0.25) is 0 Å². The van der Waals surface area contributed by atoms with Crippen LogP contribution in [0.25, 0.3) is 0 Å². The number of benzene rings is 1. The molecule has 1 aliphatic heterocycles. The van der Waals surface area contributed by atoms with Crippen molar-refractivity contribution in [3.8, 4) is 0 Å². The molecule has 0 spiro atoms. The number of halogens is 1. The standard InChI is InChI=1S/C19H27ClN2O4/c1-5-16-12-21(17(23)26-19(2,3)4)10-11-22(16)18(24)25-13-14-6-8-15(20)9-7-14/h6-9,16H,5,10-13H2,1-4H3. The van der Waals surface area contributed by atoms with E-state index in [0.29, 0.717) is 24.7 Å². The van der Waals surface area contributed by atoms with Crippen LogP contribution < -0.4 is 0 Å². The lowest BCUT2D eigenvalue weighted by Crippen LogP contribution is -2.57. The number of rotatable bonds is 3. The van der Waals surface area contributed by atoms with Crippen molar-refractivity contribution in [1.29, 1.82) is 0 Å². The predicted molar refractivity (Wildman–Crippen MR) is 100 cm³/mol. The Morgan fingerprint density at radius 2 is 1.81 bits per heavy atom. The minimum absolute atomic E-state index is 0.0889. The molecule has 1 aliphatic rings. The van der Waals surface area contributed by atoms with E-state index in [-0.39, 0.29) is 24.8 Å². The number of amides is 2. The van der Waals surface area contributed by atoms with Gasteiger partial charge in [-0.15, -0.1) is 0 Å². The molecule has 0 aromatic heterocycles. The Bertz CT molecular complexity index is 627. The summed E-state index contributed by atoms with van der Waals surface area (Å²) in [5.74, 6) is 0. The van der Waals surface area contributed by atoms with Gasteiger partial charge in [0.25, 0.3) is 0 Å². The van der Waals surface area contributed by atoms with Crippen LogP contribution in [0.2, 0.25) is 5.02 Å². The minimum atomic E-state index is -0.534. The highest BCUT2D eigenvalue weighted by Crippen LogP contribution is 2.18. The smallest absolute Gasteiger partial charge is 0.410 e. The largest absolute Gasteiger partial charge is 0.445 e. The highest BCUT2D eigenvalue weighted by Gasteiger charge is 2.34. The molecule has 144 valence electrons. The third-order valence-corrected chi connectivity index (χ3v) is 4.37. The Hall–Kier alpha value is -1.95. The van der Waals surface area contributed by atoms with Gasteiger partial charge in [0.1, 0.15) is 12.2 Å². The Kier molecular flexibility index (Phi) is 6.75. The van der Waals surface area contributed by atoms with Gasteiger partial charge in [0.05, 0.1) is 6.04 Å². The zero-order valence-electron chi connectivity index (χ0n) is 15.8. The summed E-state index contributed by atoms with van der Waals surface area (Å²) in [7, 11) is 0. The van der Waals surface area contributed by atoms with Crippen molar-refractivity contribution in [2.45, 2.75) is 52.4 Å². The normalized spacial score (nSPS) is 17.8. The fourth-order valence-corrected chi connectivity index (χ4v) is 2.87. The van der Waals surface area contributed by atoms with Gasteiger partial charge in [0.2, 0.25) is 0 Å². The Morgan fingerprint density at radius 3 is 2.38 bits per heavy atom. The van der Waals surface area contributed by atoms with Crippen LogP contribution in [0.3, 0.4) is 0 Å². The van der Waals surface area contributed by atoms with Crippen molar-refractivity contribution in [2.75, 3.05) is 19.6 Å². The quantitative estimate of drug-likeness (QED) is 0.781. The molecule has 1 unspecified atom stereocenters. The molecule has 1 aromatic carbocycles. The molecule has 0 bridgehead atoms. The van der Waals surface area contributed by atoms with E-state index in [1.54, 1.807) is 21.9 Å². The molecule has 26 heavy (non-hydrogen) atoms. The van der Waals surface area contributed by atoms with Crippen molar-refractivity contribution >= 4 is 23.8 Å². The van der Waals surface area contributed by atoms with Crippen molar-refractivity contribution in [3.63, 3.8) is 0 Å². The highest BCUT2D eigenvalue weighted by molar-refractivity contribution is 6.30. The second kappa shape index (κ2) is 8.62. The molecule has 0 radical (unpaired) electrons. The summed E-state index contributed by atoms with van der Waals surface area (Å²) < 4.78 is 10.8. The average Bonchev–Trinajstić information content (AvgIpc) is 2.59. The molecule has 1 fully saturated rings. The second-order valence-corrected chi connectivity index (χ2v) is 7.80. The summed E-state index contributed by atoms with van der Waals surface area (Å²) in [6, 6.07) is 7.09. The first-order chi connectivity index (χ1) is 12.2. The molecule has 0 aliphatic carbocycles. The lowest BCUT2D eigenvalue weighted by Gasteiger charge is -2.40. The van der Waals surface area contributed by atoms with Crippen molar-refractivity contribution in [3.05, 3.63) is 34.9 Å². The first-order valence-electron chi connectivity index (χ1n) is 8.85. The van der Waals surface area contributed by atoms with Gasteiger partial charge in [-0.1, -0.05) is 30.7 Å². The zero-order chi connectivity index (χ0) is 19.3. The Morgan fingerprint density at radius 1 is 1.15 bits per heavy atom. The van der Waals surface area contributed by atoms with Crippen LogP contribution in [-0.4, -0.2) is 53.3 Å². The van der Waals surface area contributed by atoms with Crippen LogP contribution >= 0.6 is 11.6 Å². The van der Waals surface area contributed by atoms with Crippen LogP contribution in [0, 0.1) is 0 Å². The van der Waals surface area contributed by atoms with Gasteiger partial charge in [0.15, 0.2) is 0 Å². The number of ether oxygens (including phenoxy) is 2. The van der Waals surface area contributed by atoms with Crippen molar-refractivity contribution < 1.29 is 19.1 Å². The summed E-state index contributed by atoms with van der Waals surface area (Å²) in [6.45, 7) is 9.01. The van der Waals surface area contributed by atoms with Crippen LogP contribution in [0.15, 0.2) is 24.3 Å². The number of piperazine rings is 1. The third kappa shape index (κ3) is 5.80. The van der Waals surface area contributed by atoms with Crippen molar-refractivity contribution in [1.82, 2.24) is 9.80 Å². The zero-order valence-corrected chi connectivity index (χ0v) is 16.6. The van der Waals surface area contributed by atoms with E-state index in [2.05, 4.69) is 0 Å². The molecule has 1 saturated heterocycles. The molecule has 6 nitrogen and oxygen atoms in total. The fraction of sp³-hybridized carbons (Fsp3) is 0.579. The topological polar surface area (TPSA) is 59.1 Å². The number of carbonyl (C=O) groups excluding carboxylic acids is 2. The number of nitrogens with zero attached hydrogens (tertiary/aromatic N) is 2. The molecular weight excluding hydrogens is 356 g/mol. The fourth-order valence-electron chi connectivity index (χ4n) is 2.75. The molecule has 0 N–H and O–H groups in total. The minimum Gasteiger partial charge on any atom is -0.445 e. The first-order valence-corrected chi connectivity index (χ1v) is 9.23. The Balaban J connectivity index is 1.90. The molecule has 7 heteroatoms. The number of hydrogen-bond acceptors (Lipinski definition) is 4. The van der Waals surface area contributed by atoms with E-state index in [9.17, 15) is 9.59 Å².